The summed E-state index contributed by atoms with van der Waals surface area (Å²) < 4.78 is 0. The van der Waals surface area contributed by atoms with Gasteiger partial charge in [0.15, 0.2) is 0 Å². The number of benzene rings is 1. The summed E-state index contributed by atoms with van der Waals surface area (Å²) in [5.41, 5.74) is 3.50. The smallest absolute Gasteiger partial charge is 0.223 e. The standard InChI is InChI=1S/C16H22N4/c1-12-9-10-17-16(18-12)19-13(2)11-14-5-7-15(8-6-14)20(3)4/h5-10,13H,11H2,1-4H3,(H,17,18,19). The Morgan fingerprint density at radius 2 is 1.85 bits per heavy atom. The van der Waals surface area contributed by atoms with Crippen molar-refractivity contribution in [1.82, 2.24) is 9.97 Å². The van der Waals surface area contributed by atoms with Gasteiger partial charge in [-0.25, -0.2) is 9.97 Å². The quantitative estimate of drug-likeness (QED) is 0.907. The summed E-state index contributed by atoms with van der Waals surface area (Å²) in [7, 11) is 4.10. The van der Waals surface area contributed by atoms with E-state index in [-0.39, 0.29) is 0 Å². The minimum atomic E-state index is 0.294. The first kappa shape index (κ1) is 14.3. The first-order valence-electron chi connectivity index (χ1n) is 6.87. The van der Waals surface area contributed by atoms with Gasteiger partial charge in [0, 0.05) is 37.7 Å². The van der Waals surface area contributed by atoms with Crippen LogP contribution in [0.15, 0.2) is 36.5 Å². The highest BCUT2D eigenvalue weighted by molar-refractivity contribution is 5.46. The zero-order valence-electron chi connectivity index (χ0n) is 12.6. The molecule has 4 heteroatoms. The van der Waals surface area contributed by atoms with E-state index in [1.807, 2.05) is 27.1 Å². The average Bonchev–Trinajstić information content (AvgIpc) is 2.39. The zero-order chi connectivity index (χ0) is 14.5. The van der Waals surface area contributed by atoms with E-state index in [0.717, 1.165) is 12.1 Å². The molecule has 2 rings (SSSR count). The van der Waals surface area contributed by atoms with Gasteiger partial charge in [-0.05, 0) is 44.0 Å². The minimum absolute atomic E-state index is 0.294. The maximum atomic E-state index is 4.36. The summed E-state index contributed by atoms with van der Waals surface area (Å²) in [4.78, 5) is 10.7. The van der Waals surface area contributed by atoms with Crippen LogP contribution in [0.3, 0.4) is 0 Å². The van der Waals surface area contributed by atoms with Crippen molar-refractivity contribution >= 4 is 11.6 Å². The fraction of sp³-hybridized carbons (Fsp3) is 0.375. The fourth-order valence-electron chi connectivity index (χ4n) is 2.07. The molecule has 4 nitrogen and oxygen atoms in total. The van der Waals surface area contributed by atoms with E-state index in [2.05, 4.69) is 51.4 Å². The number of anilines is 2. The molecule has 1 aromatic carbocycles. The lowest BCUT2D eigenvalue weighted by atomic mass is 10.1. The lowest BCUT2D eigenvalue weighted by molar-refractivity contribution is 0.775. The van der Waals surface area contributed by atoms with Gasteiger partial charge in [0.1, 0.15) is 0 Å². The number of aryl methyl sites for hydroxylation is 1. The van der Waals surface area contributed by atoms with E-state index >= 15 is 0 Å². The van der Waals surface area contributed by atoms with Crippen LogP contribution in [0.5, 0.6) is 0 Å². The molecule has 1 atom stereocenters. The average molecular weight is 270 g/mol. The molecule has 0 amide bonds. The van der Waals surface area contributed by atoms with Crippen molar-refractivity contribution in [1.29, 1.82) is 0 Å². The van der Waals surface area contributed by atoms with Crippen molar-refractivity contribution in [2.75, 3.05) is 24.3 Å². The monoisotopic (exact) mass is 270 g/mol. The first-order chi connectivity index (χ1) is 9.54. The molecule has 0 saturated heterocycles. The molecule has 1 aromatic heterocycles. The van der Waals surface area contributed by atoms with Gasteiger partial charge in [0.25, 0.3) is 0 Å². The zero-order valence-corrected chi connectivity index (χ0v) is 12.6. The molecular weight excluding hydrogens is 248 g/mol. The molecule has 1 unspecified atom stereocenters. The van der Waals surface area contributed by atoms with E-state index in [9.17, 15) is 0 Å². The molecule has 0 radical (unpaired) electrons. The van der Waals surface area contributed by atoms with Crippen molar-refractivity contribution < 1.29 is 0 Å². The predicted molar refractivity (Wildman–Crippen MR) is 84.3 cm³/mol. The summed E-state index contributed by atoms with van der Waals surface area (Å²) in [5.74, 6) is 0.697. The third-order valence-electron chi connectivity index (χ3n) is 3.16. The number of nitrogens with one attached hydrogen (secondary N) is 1. The van der Waals surface area contributed by atoms with Gasteiger partial charge in [-0.2, -0.15) is 0 Å². The van der Waals surface area contributed by atoms with Crippen molar-refractivity contribution in [3.05, 3.63) is 47.8 Å². The molecule has 0 aliphatic rings. The van der Waals surface area contributed by atoms with Gasteiger partial charge in [0.05, 0.1) is 0 Å². The summed E-state index contributed by atoms with van der Waals surface area (Å²) in [6, 6.07) is 10.8. The molecule has 0 fully saturated rings. The Kier molecular flexibility index (Phi) is 4.56. The Bertz CT molecular complexity index is 549. The van der Waals surface area contributed by atoms with Crippen molar-refractivity contribution in [2.45, 2.75) is 26.3 Å². The molecule has 0 bridgehead atoms. The van der Waals surface area contributed by atoms with Gasteiger partial charge in [-0.3, -0.25) is 0 Å². The highest BCUT2D eigenvalue weighted by Gasteiger charge is 2.06. The van der Waals surface area contributed by atoms with E-state index in [1.165, 1.54) is 11.3 Å². The normalized spacial score (nSPS) is 12.0. The largest absolute Gasteiger partial charge is 0.378 e. The van der Waals surface area contributed by atoms with Crippen LogP contribution in [0.2, 0.25) is 0 Å². The Hall–Kier alpha value is -2.10. The molecule has 0 aliphatic heterocycles. The maximum absolute atomic E-state index is 4.36. The van der Waals surface area contributed by atoms with Crippen LogP contribution in [0.4, 0.5) is 11.6 Å². The number of aromatic nitrogens is 2. The second-order valence-corrected chi connectivity index (χ2v) is 5.33. The summed E-state index contributed by atoms with van der Waals surface area (Å²) in [6.45, 7) is 4.11. The molecule has 0 aliphatic carbocycles. The maximum Gasteiger partial charge on any atom is 0.223 e. The molecule has 1 heterocycles. The fourth-order valence-corrected chi connectivity index (χ4v) is 2.07. The minimum Gasteiger partial charge on any atom is -0.378 e. The third-order valence-corrected chi connectivity index (χ3v) is 3.16. The second-order valence-electron chi connectivity index (χ2n) is 5.33. The second kappa shape index (κ2) is 6.37. The number of rotatable bonds is 5. The van der Waals surface area contributed by atoms with Gasteiger partial charge in [0.2, 0.25) is 5.95 Å². The van der Waals surface area contributed by atoms with Crippen LogP contribution in [0.1, 0.15) is 18.2 Å². The van der Waals surface area contributed by atoms with E-state index < -0.39 is 0 Å². The summed E-state index contributed by atoms with van der Waals surface area (Å²) in [5, 5.41) is 3.34. The molecule has 1 N–H and O–H groups in total. The number of hydrogen-bond donors (Lipinski definition) is 1. The number of nitrogens with zero attached hydrogens (tertiary/aromatic N) is 3. The Morgan fingerprint density at radius 1 is 1.15 bits per heavy atom. The topological polar surface area (TPSA) is 41.1 Å². The highest BCUT2D eigenvalue weighted by atomic mass is 15.1. The van der Waals surface area contributed by atoms with Crippen molar-refractivity contribution in [3.63, 3.8) is 0 Å². The first-order valence-corrected chi connectivity index (χ1v) is 6.87. The van der Waals surface area contributed by atoms with E-state index in [1.54, 1.807) is 6.20 Å². The highest BCUT2D eigenvalue weighted by Crippen LogP contribution is 2.14. The lowest BCUT2D eigenvalue weighted by Crippen LogP contribution is -2.20. The van der Waals surface area contributed by atoms with E-state index in [0.29, 0.717) is 12.0 Å². The van der Waals surface area contributed by atoms with Gasteiger partial charge in [-0.15, -0.1) is 0 Å². The summed E-state index contributed by atoms with van der Waals surface area (Å²) >= 11 is 0. The number of hydrogen-bond acceptors (Lipinski definition) is 4. The Balaban J connectivity index is 1.95. The molecule has 106 valence electrons. The van der Waals surface area contributed by atoms with Crippen LogP contribution in [0.25, 0.3) is 0 Å². The van der Waals surface area contributed by atoms with Crippen LogP contribution in [0, 0.1) is 6.92 Å². The third kappa shape index (κ3) is 3.95. The molecule has 0 spiro atoms. The van der Waals surface area contributed by atoms with Crippen molar-refractivity contribution in [3.8, 4) is 0 Å². The summed E-state index contributed by atoms with van der Waals surface area (Å²) in [6.07, 6.45) is 2.73. The van der Waals surface area contributed by atoms with E-state index in [4.69, 9.17) is 0 Å². The lowest BCUT2D eigenvalue weighted by Gasteiger charge is -2.16. The predicted octanol–water partition coefficient (Wildman–Crippen LogP) is 2.89. The van der Waals surface area contributed by atoms with Gasteiger partial charge < -0.3 is 10.2 Å². The molecule has 2 aromatic rings. The van der Waals surface area contributed by atoms with Crippen LogP contribution in [-0.4, -0.2) is 30.1 Å². The van der Waals surface area contributed by atoms with Crippen LogP contribution >= 0.6 is 0 Å². The molecule has 20 heavy (non-hydrogen) atoms. The SMILES string of the molecule is Cc1ccnc(NC(C)Cc2ccc(N(C)C)cc2)n1. The molecular formula is C16H22N4. The van der Waals surface area contributed by atoms with Gasteiger partial charge in [-0.1, -0.05) is 12.1 Å². The van der Waals surface area contributed by atoms with Crippen LogP contribution < -0.4 is 10.2 Å². The van der Waals surface area contributed by atoms with Gasteiger partial charge >= 0.3 is 0 Å². The van der Waals surface area contributed by atoms with Crippen LogP contribution in [-0.2, 0) is 6.42 Å². The molecule has 0 saturated carbocycles. The Labute approximate surface area is 120 Å². The Morgan fingerprint density at radius 3 is 2.45 bits per heavy atom. The van der Waals surface area contributed by atoms with Crippen molar-refractivity contribution in [2.24, 2.45) is 0 Å².